The Hall–Kier alpha value is -1.02. The molecule has 1 fully saturated rings. The van der Waals surface area contributed by atoms with Gasteiger partial charge in [0.05, 0.1) is 7.11 Å². The molecular weight excluding hydrogens is 210 g/mol. The van der Waals surface area contributed by atoms with Gasteiger partial charge in [-0.05, 0) is 36.8 Å². The molecule has 1 aromatic rings. The van der Waals surface area contributed by atoms with Crippen LogP contribution in [-0.4, -0.2) is 12.6 Å². The van der Waals surface area contributed by atoms with Gasteiger partial charge in [-0.15, -0.1) is 0 Å². The molecule has 0 aromatic heterocycles. The third kappa shape index (κ3) is 2.63. The first kappa shape index (κ1) is 12.4. The van der Waals surface area contributed by atoms with Crippen molar-refractivity contribution in [1.29, 1.82) is 0 Å². The molecule has 2 N–H and O–H groups in total. The predicted octanol–water partition coefficient (Wildman–Crippen LogP) is 3.15. The smallest absolute Gasteiger partial charge is 0.122 e. The summed E-state index contributed by atoms with van der Waals surface area (Å²) in [6, 6.07) is 8.23. The number of benzene rings is 1. The van der Waals surface area contributed by atoms with Crippen LogP contribution in [-0.2, 0) is 6.42 Å². The summed E-state index contributed by atoms with van der Waals surface area (Å²) in [6.45, 7) is 2.29. The number of para-hydroxylation sites is 1. The minimum absolute atomic E-state index is 0.0487. The molecule has 0 heterocycles. The minimum Gasteiger partial charge on any atom is -0.496 e. The van der Waals surface area contributed by atoms with Crippen molar-refractivity contribution in [2.75, 3.05) is 7.11 Å². The third-order valence-corrected chi connectivity index (χ3v) is 4.22. The van der Waals surface area contributed by atoms with Gasteiger partial charge in [-0.25, -0.2) is 0 Å². The monoisotopic (exact) mass is 233 g/mol. The van der Waals surface area contributed by atoms with Crippen LogP contribution >= 0.6 is 0 Å². The lowest BCUT2D eigenvalue weighted by Gasteiger charge is -2.40. The van der Waals surface area contributed by atoms with E-state index in [4.69, 9.17) is 10.5 Å². The fraction of sp³-hybridized carbons (Fsp3) is 0.600. The van der Waals surface area contributed by atoms with Crippen LogP contribution < -0.4 is 10.5 Å². The Balaban J connectivity index is 2.18. The molecule has 1 aromatic carbocycles. The molecule has 1 aliphatic rings. The van der Waals surface area contributed by atoms with Crippen molar-refractivity contribution in [2.24, 2.45) is 11.7 Å². The second kappa shape index (κ2) is 5.09. The van der Waals surface area contributed by atoms with Crippen LogP contribution in [0.4, 0.5) is 0 Å². The molecule has 0 radical (unpaired) electrons. The zero-order valence-electron chi connectivity index (χ0n) is 10.9. The molecule has 2 heteroatoms. The zero-order valence-corrected chi connectivity index (χ0v) is 10.9. The number of ether oxygens (including phenoxy) is 1. The van der Waals surface area contributed by atoms with E-state index in [-0.39, 0.29) is 5.54 Å². The number of methoxy groups -OCH3 is 1. The van der Waals surface area contributed by atoms with Crippen molar-refractivity contribution in [3.8, 4) is 5.75 Å². The maximum Gasteiger partial charge on any atom is 0.122 e. The molecule has 94 valence electrons. The van der Waals surface area contributed by atoms with E-state index in [1.54, 1.807) is 7.11 Å². The average molecular weight is 233 g/mol. The van der Waals surface area contributed by atoms with E-state index < -0.39 is 0 Å². The van der Waals surface area contributed by atoms with Crippen molar-refractivity contribution in [2.45, 2.75) is 44.6 Å². The summed E-state index contributed by atoms with van der Waals surface area (Å²) >= 11 is 0. The average Bonchev–Trinajstić information content (AvgIpc) is 2.34. The van der Waals surface area contributed by atoms with Crippen LogP contribution in [0.2, 0.25) is 0 Å². The lowest BCUT2D eigenvalue weighted by molar-refractivity contribution is 0.202. The van der Waals surface area contributed by atoms with Gasteiger partial charge >= 0.3 is 0 Å². The molecule has 2 rings (SSSR count). The first-order valence-corrected chi connectivity index (χ1v) is 6.56. The third-order valence-electron chi connectivity index (χ3n) is 4.22. The van der Waals surface area contributed by atoms with Crippen LogP contribution in [0.1, 0.15) is 38.2 Å². The molecule has 0 amide bonds. The molecular formula is C15H23NO. The van der Waals surface area contributed by atoms with Gasteiger partial charge in [0.25, 0.3) is 0 Å². The standard InChI is InChI=1S/C15H23NO/c1-12-7-5-6-10-15(12,16)11-13-8-3-4-9-14(13)17-2/h3-4,8-9,12H,5-7,10-11,16H2,1-2H3. The van der Waals surface area contributed by atoms with E-state index in [1.165, 1.54) is 24.8 Å². The minimum atomic E-state index is -0.0487. The lowest BCUT2D eigenvalue weighted by atomic mass is 9.71. The Morgan fingerprint density at radius 3 is 2.82 bits per heavy atom. The van der Waals surface area contributed by atoms with E-state index in [0.29, 0.717) is 5.92 Å². The Morgan fingerprint density at radius 1 is 1.35 bits per heavy atom. The van der Waals surface area contributed by atoms with Crippen molar-refractivity contribution in [1.82, 2.24) is 0 Å². The zero-order chi connectivity index (χ0) is 12.3. The van der Waals surface area contributed by atoms with Crippen molar-refractivity contribution in [3.05, 3.63) is 29.8 Å². The van der Waals surface area contributed by atoms with E-state index >= 15 is 0 Å². The second-order valence-corrected chi connectivity index (χ2v) is 5.37. The largest absolute Gasteiger partial charge is 0.496 e. The quantitative estimate of drug-likeness (QED) is 0.870. The van der Waals surface area contributed by atoms with Crippen LogP contribution in [0.5, 0.6) is 5.75 Å². The Labute approximate surface area is 104 Å². The highest BCUT2D eigenvalue weighted by molar-refractivity contribution is 5.34. The lowest BCUT2D eigenvalue weighted by Crippen LogP contribution is -2.50. The fourth-order valence-corrected chi connectivity index (χ4v) is 2.90. The van der Waals surface area contributed by atoms with Gasteiger partial charge in [-0.1, -0.05) is 38.0 Å². The van der Waals surface area contributed by atoms with Crippen molar-refractivity contribution in [3.63, 3.8) is 0 Å². The number of nitrogens with two attached hydrogens (primary N) is 1. The van der Waals surface area contributed by atoms with Crippen molar-refractivity contribution < 1.29 is 4.74 Å². The fourth-order valence-electron chi connectivity index (χ4n) is 2.90. The maximum atomic E-state index is 6.60. The molecule has 1 aliphatic carbocycles. The topological polar surface area (TPSA) is 35.2 Å². The summed E-state index contributed by atoms with van der Waals surface area (Å²) in [7, 11) is 1.73. The highest BCUT2D eigenvalue weighted by atomic mass is 16.5. The van der Waals surface area contributed by atoms with E-state index in [1.807, 2.05) is 12.1 Å². The number of hydrogen-bond acceptors (Lipinski definition) is 2. The van der Waals surface area contributed by atoms with Gasteiger partial charge in [-0.3, -0.25) is 0 Å². The summed E-state index contributed by atoms with van der Waals surface area (Å²) in [4.78, 5) is 0. The Kier molecular flexibility index (Phi) is 3.72. The molecule has 2 unspecified atom stereocenters. The van der Waals surface area contributed by atoms with E-state index in [9.17, 15) is 0 Å². The van der Waals surface area contributed by atoms with Gasteiger partial charge in [0.2, 0.25) is 0 Å². The molecule has 0 spiro atoms. The SMILES string of the molecule is COc1ccccc1CC1(N)CCCCC1C. The Bertz CT molecular complexity index is 377. The molecule has 0 aliphatic heterocycles. The van der Waals surface area contributed by atoms with Gasteiger partial charge in [-0.2, -0.15) is 0 Å². The first-order valence-electron chi connectivity index (χ1n) is 6.56. The molecule has 0 saturated heterocycles. The maximum absolute atomic E-state index is 6.60. The number of rotatable bonds is 3. The summed E-state index contributed by atoms with van der Waals surface area (Å²) in [5.41, 5.74) is 7.80. The van der Waals surface area contributed by atoms with Crippen LogP contribution in [0.3, 0.4) is 0 Å². The second-order valence-electron chi connectivity index (χ2n) is 5.37. The van der Waals surface area contributed by atoms with Gasteiger partial charge in [0, 0.05) is 5.54 Å². The number of hydrogen-bond donors (Lipinski definition) is 1. The van der Waals surface area contributed by atoms with Crippen LogP contribution in [0.15, 0.2) is 24.3 Å². The highest BCUT2D eigenvalue weighted by Crippen LogP contribution is 2.35. The molecule has 0 bridgehead atoms. The van der Waals surface area contributed by atoms with Crippen molar-refractivity contribution >= 4 is 0 Å². The predicted molar refractivity (Wildman–Crippen MR) is 71.2 cm³/mol. The van der Waals surface area contributed by atoms with Crippen LogP contribution in [0.25, 0.3) is 0 Å². The van der Waals surface area contributed by atoms with Gasteiger partial charge in [0.1, 0.15) is 5.75 Å². The summed E-state index contributed by atoms with van der Waals surface area (Å²) in [5, 5.41) is 0. The molecule has 1 saturated carbocycles. The van der Waals surface area contributed by atoms with Crippen LogP contribution in [0, 0.1) is 5.92 Å². The Morgan fingerprint density at radius 2 is 2.12 bits per heavy atom. The van der Waals surface area contributed by atoms with Gasteiger partial charge < -0.3 is 10.5 Å². The van der Waals surface area contributed by atoms with Gasteiger partial charge in [0.15, 0.2) is 0 Å². The molecule has 2 atom stereocenters. The van der Waals surface area contributed by atoms with E-state index in [0.717, 1.165) is 18.6 Å². The summed E-state index contributed by atoms with van der Waals surface area (Å²) in [6.07, 6.45) is 5.90. The summed E-state index contributed by atoms with van der Waals surface area (Å²) < 4.78 is 5.41. The normalized spacial score (nSPS) is 29.0. The first-order chi connectivity index (χ1) is 8.15. The highest BCUT2D eigenvalue weighted by Gasteiger charge is 2.34. The molecule has 2 nitrogen and oxygen atoms in total. The summed E-state index contributed by atoms with van der Waals surface area (Å²) in [5.74, 6) is 1.57. The van der Waals surface area contributed by atoms with E-state index in [2.05, 4.69) is 19.1 Å². The molecule has 17 heavy (non-hydrogen) atoms.